The number of carboxylic acid groups (broad SMARTS) is 2. The quantitative estimate of drug-likeness (QED) is 0.0428. The average Bonchev–Trinajstić information content (AvgIpc) is 3.84. The van der Waals surface area contributed by atoms with Crippen molar-refractivity contribution in [2.75, 3.05) is 111 Å². The van der Waals surface area contributed by atoms with Crippen molar-refractivity contribution < 1.29 is 51.0 Å². The predicted molar refractivity (Wildman–Crippen MR) is 308 cm³/mol. The van der Waals surface area contributed by atoms with Crippen molar-refractivity contribution in [2.24, 2.45) is 0 Å². The van der Waals surface area contributed by atoms with E-state index in [1.54, 1.807) is 0 Å². The third-order valence-electron chi connectivity index (χ3n) is 15.9. The number of halogens is 1. The van der Waals surface area contributed by atoms with Crippen LogP contribution >= 0.6 is 11.6 Å². The van der Waals surface area contributed by atoms with Crippen LogP contribution in [-0.4, -0.2) is 170 Å². The van der Waals surface area contributed by atoms with Crippen LogP contribution in [-0.2, 0) is 47.1 Å². The Balaban J connectivity index is 0.0000109. The van der Waals surface area contributed by atoms with Gasteiger partial charge in [-0.05, 0) is 121 Å². The van der Waals surface area contributed by atoms with E-state index in [-0.39, 0.29) is 59.2 Å². The van der Waals surface area contributed by atoms with Crippen LogP contribution in [0.1, 0.15) is 129 Å². The second-order valence-electron chi connectivity index (χ2n) is 22.6. The first-order valence-electron chi connectivity index (χ1n) is 28.3. The Hall–Kier alpha value is -4.60. The molecule has 16 heteroatoms. The van der Waals surface area contributed by atoms with Gasteiger partial charge >= 0.3 is 29.0 Å². The van der Waals surface area contributed by atoms with Crippen molar-refractivity contribution in [3.63, 3.8) is 0 Å². The van der Waals surface area contributed by atoms with Gasteiger partial charge in [0, 0.05) is 131 Å². The zero-order valence-corrected chi connectivity index (χ0v) is 48.8. The van der Waals surface area contributed by atoms with Crippen molar-refractivity contribution in [1.82, 2.24) is 30.2 Å². The number of unbranched alkanes of at least 4 members (excludes halogenated alkanes) is 6. The van der Waals surface area contributed by atoms with Crippen LogP contribution in [0.5, 0.6) is 0 Å². The summed E-state index contributed by atoms with van der Waals surface area (Å²) in [5.74, 6) is -1.50. The summed E-state index contributed by atoms with van der Waals surface area (Å²) < 4.78 is 2.47. The Morgan fingerprint density at radius 2 is 1.22 bits per heavy atom. The number of carbonyl (C=O) groups is 4. The molecular formula is C61H90ClCuN8O6+3. The molecule has 0 bridgehead atoms. The molecule has 1 saturated heterocycles. The minimum Gasteiger partial charge on any atom is -0.481 e. The Labute approximate surface area is 476 Å². The third kappa shape index (κ3) is 18.8. The molecule has 4 N–H and O–H groups in total. The number of carboxylic acids is 2. The fourth-order valence-electron chi connectivity index (χ4n) is 11.2. The summed E-state index contributed by atoms with van der Waals surface area (Å²) in [4.78, 5) is 59.5. The summed E-state index contributed by atoms with van der Waals surface area (Å²) >= 11 is 7.32. The molecule has 3 aliphatic heterocycles. The zero-order valence-electron chi connectivity index (χ0n) is 47.1. The van der Waals surface area contributed by atoms with E-state index < -0.39 is 11.9 Å². The number of fused-ring (bicyclic) bond motifs is 2. The number of rotatable bonds is 25. The van der Waals surface area contributed by atoms with Crippen LogP contribution in [0.2, 0.25) is 0 Å². The van der Waals surface area contributed by atoms with E-state index in [0.29, 0.717) is 45.6 Å². The molecule has 2 aromatic rings. The van der Waals surface area contributed by atoms with Crippen molar-refractivity contribution >= 4 is 52.4 Å². The smallest absolute Gasteiger partial charge is 0.481 e. The number of allylic oxidation sites excluding steroid dienone is 8. The molecule has 2 aromatic carbocycles. The molecule has 2 amide bonds. The topological polar surface area (TPSA) is 152 Å². The van der Waals surface area contributed by atoms with E-state index in [0.717, 1.165) is 133 Å². The average molecular weight is 1130 g/mol. The Morgan fingerprint density at radius 3 is 1.91 bits per heavy atom. The van der Waals surface area contributed by atoms with Gasteiger partial charge in [0.05, 0.1) is 18.5 Å². The minimum absolute atomic E-state index is 0. The first-order chi connectivity index (χ1) is 36.4. The molecule has 425 valence electrons. The van der Waals surface area contributed by atoms with Gasteiger partial charge in [-0.2, -0.15) is 4.58 Å². The number of para-hydroxylation sites is 2. The molecule has 1 fully saturated rings. The number of benzene rings is 2. The Kier molecular flexibility index (Phi) is 25.7. The van der Waals surface area contributed by atoms with Crippen LogP contribution in [0, 0.1) is 0 Å². The second kappa shape index (κ2) is 31.3. The fraction of sp³-hybridized carbons (Fsp3) is 0.590. The second-order valence-corrected chi connectivity index (χ2v) is 22.9. The van der Waals surface area contributed by atoms with Gasteiger partial charge in [0.1, 0.15) is 6.54 Å². The molecule has 4 aliphatic rings. The molecule has 0 unspecified atom stereocenters. The Morgan fingerprint density at radius 1 is 0.636 bits per heavy atom. The van der Waals surface area contributed by atoms with Gasteiger partial charge < -0.3 is 35.5 Å². The van der Waals surface area contributed by atoms with Crippen molar-refractivity contribution in [3.8, 4) is 0 Å². The van der Waals surface area contributed by atoms with E-state index in [4.69, 9.17) is 16.7 Å². The van der Waals surface area contributed by atoms with Crippen LogP contribution in [0.3, 0.4) is 0 Å². The normalized spacial score (nSPS) is 19.8. The molecule has 14 nitrogen and oxygen atoms in total. The van der Waals surface area contributed by atoms with E-state index in [1.807, 2.05) is 4.90 Å². The number of nitrogens with one attached hydrogen (secondary N) is 2. The van der Waals surface area contributed by atoms with E-state index in [1.165, 1.54) is 33.9 Å². The molecule has 6 rings (SSSR count). The molecule has 0 atom stereocenters. The largest absolute Gasteiger partial charge is 2.00 e. The standard InChI is InChI=1S/C61H89ClN8O6.Cu/c1-60(2)49-23-12-14-25-51(49)69(53(60)31-29-47-21-20-22-48(59(47)62)30-32-54-61(3,4)50-24-13-15-26-52(50)70(54)36-19-8-11-28-57(73)74)35-18-7-10-27-55(71)63-33-16-9-17-34-64-56(72)45-67-41-39-65(5)37-38-66(6)40-42-68(44-43-67)46-58(75)76;/h12-15,23-26,29-32H,7-11,16-22,27-28,33-46H2,1-6H3,(H3-,63,64,71,72,73,74,75,76);/q;+2/p+1/i;1+0. The number of likely N-dealkylation sites (N-methyl/N-ethyl adjacent to an activating group) is 2. The summed E-state index contributed by atoms with van der Waals surface area (Å²) in [5, 5.41) is 25.6. The van der Waals surface area contributed by atoms with Crippen LogP contribution in [0.15, 0.2) is 94.7 Å². The molecule has 0 aromatic heterocycles. The predicted octanol–water partition coefficient (Wildman–Crippen LogP) is 9.08. The molecule has 3 heterocycles. The summed E-state index contributed by atoms with van der Waals surface area (Å²) in [6.07, 6.45) is 20.4. The summed E-state index contributed by atoms with van der Waals surface area (Å²) in [6.45, 7) is 18.5. The van der Waals surface area contributed by atoms with Crippen molar-refractivity contribution in [3.05, 3.63) is 106 Å². The molecule has 0 saturated carbocycles. The van der Waals surface area contributed by atoms with Crippen molar-refractivity contribution in [1.29, 1.82) is 0 Å². The summed E-state index contributed by atoms with van der Waals surface area (Å²) in [5.41, 5.74) is 9.49. The fourth-order valence-corrected chi connectivity index (χ4v) is 11.5. The maximum Gasteiger partial charge on any atom is 2.00 e. The van der Waals surface area contributed by atoms with Crippen LogP contribution in [0.25, 0.3) is 0 Å². The number of nitrogens with zero attached hydrogens (tertiary/aromatic N) is 6. The van der Waals surface area contributed by atoms with Gasteiger partial charge in [0.25, 0.3) is 0 Å². The van der Waals surface area contributed by atoms with Gasteiger partial charge in [-0.15, -0.1) is 0 Å². The number of carbonyl (C=O) groups excluding carboxylic acids is 2. The monoisotopic (exact) mass is 1130 g/mol. The van der Waals surface area contributed by atoms with Gasteiger partial charge in [-0.3, -0.25) is 29.0 Å². The molecule has 1 aliphatic carbocycles. The maximum absolute atomic E-state index is 13.0. The third-order valence-corrected chi connectivity index (χ3v) is 16.4. The number of aliphatic carboxylic acids is 2. The first kappa shape index (κ1) is 63.2. The number of hydrogen-bond acceptors (Lipinski definition) is 9. The van der Waals surface area contributed by atoms with E-state index in [9.17, 15) is 24.3 Å². The SMILES string of the molecule is CN1CCN(C)CCN(CC(=O)NCCCCCNC(=O)CCCCC[N+]2=C(/C=C/C3=C(Cl)C(=C/C=C4/N(CCCCCC(=O)O)c5ccccc5C4(C)C)/CCC3)C(C)(C)c3ccccc32)CCN(CC(=O)O)CC1.[64Cu+2]. The molecule has 77 heavy (non-hydrogen) atoms. The van der Waals surface area contributed by atoms with Gasteiger partial charge in [-0.25, -0.2) is 0 Å². The Bertz CT molecular complexity index is 2470. The number of hydrogen-bond donors (Lipinski definition) is 4. The van der Waals surface area contributed by atoms with E-state index >= 15 is 0 Å². The van der Waals surface area contributed by atoms with Crippen LogP contribution < -0.4 is 15.5 Å². The zero-order chi connectivity index (χ0) is 54.7. The van der Waals surface area contributed by atoms with Gasteiger partial charge in [0.2, 0.25) is 17.5 Å². The minimum atomic E-state index is -0.833. The van der Waals surface area contributed by atoms with Gasteiger partial charge in [0.15, 0.2) is 5.71 Å². The number of anilines is 1. The molecule has 1 radical (unpaired) electrons. The van der Waals surface area contributed by atoms with Crippen molar-refractivity contribution in [2.45, 2.75) is 128 Å². The molecular weight excluding hydrogens is 1040 g/mol. The van der Waals surface area contributed by atoms with Gasteiger partial charge in [-0.1, -0.05) is 80.4 Å². The summed E-state index contributed by atoms with van der Waals surface area (Å²) in [7, 11) is 4.17. The maximum atomic E-state index is 13.0. The van der Waals surface area contributed by atoms with Crippen LogP contribution in [0.4, 0.5) is 11.4 Å². The molecule has 0 spiro atoms. The number of amides is 2. The first-order valence-corrected chi connectivity index (χ1v) is 28.7. The van der Waals surface area contributed by atoms with E-state index in [2.05, 4.69) is 149 Å². The summed E-state index contributed by atoms with van der Waals surface area (Å²) in [6, 6.07) is 17.3.